The van der Waals surface area contributed by atoms with Gasteiger partial charge in [0.25, 0.3) is 5.91 Å². The molecule has 0 spiro atoms. The minimum Gasteiger partial charge on any atom is -0.493 e. The predicted molar refractivity (Wildman–Crippen MR) is 127 cm³/mol. The first-order chi connectivity index (χ1) is 15.0. The number of aliphatic imine (C=N–C) groups is 1. The summed E-state index contributed by atoms with van der Waals surface area (Å²) < 4.78 is 17.6. The van der Waals surface area contributed by atoms with E-state index in [0.29, 0.717) is 41.2 Å². The number of nitrogens with zero attached hydrogens (tertiary/aromatic N) is 2. The Labute approximate surface area is 198 Å². The normalized spacial score (nSPS) is 17.8. The minimum atomic E-state index is -0.236. The van der Waals surface area contributed by atoms with Crippen LogP contribution in [0.25, 0.3) is 6.08 Å². The first-order valence-electron chi connectivity index (χ1n) is 9.63. The van der Waals surface area contributed by atoms with E-state index in [1.165, 1.54) is 11.8 Å². The average molecular weight is 524 g/mol. The molecule has 0 atom stereocenters. The number of ether oxygens (including phenoxy) is 3. The molecule has 0 radical (unpaired) electrons. The minimum absolute atomic E-state index is 0.236. The molecule has 6 nitrogen and oxygen atoms in total. The van der Waals surface area contributed by atoms with E-state index < -0.39 is 0 Å². The summed E-state index contributed by atoms with van der Waals surface area (Å²) >= 11 is 10.9. The van der Waals surface area contributed by atoms with Gasteiger partial charge in [-0.1, -0.05) is 39.7 Å². The number of carbonyl (C=O) groups is 1. The van der Waals surface area contributed by atoms with E-state index in [-0.39, 0.29) is 5.91 Å². The van der Waals surface area contributed by atoms with Gasteiger partial charge in [-0.05, 0) is 53.2 Å². The fourth-order valence-electron chi connectivity index (χ4n) is 3.10. The van der Waals surface area contributed by atoms with Gasteiger partial charge in [0, 0.05) is 22.6 Å². The van der Waals surface area contributed by atoms with Gasteiger partial charge < -0.3 is 19.1 Å². The molecule has 2 heterocycles. The van der Waals surface area contributed by atoms with Crippen molar-refractivity contribution in [3.05, 3.63) is 61.9 Å². The number of rotatable bonds is 5. The van der Waals surface area contributed by atoms with Crippen molar-refractivity contribution in [2.75, 3.05) is 33.4 Å². The van der Waals surface area contributed by atoms with Gasteiger partial charge in [0.2, 0.25) is 0 Å². The summed E-state index contributed by atoms with van der Waals surface area (Å²) in [5.74, 6) is 0.941. The summed E-state index contributed by atoms with van der Waals surface area (Å²) in [4.78, 5) is 19.3. The van der Waals surface area contributed by atoms with Crippen LogP contribution < -0.4 is 9.47 Å². The van der Waals surface area contributed by atoms with Crippen LogP contribution in [-0.2, 0) is 16.1 Å². The molecular weight excluding hydrogens is 504 g/mol. The summed E-state index contributed by atoms with van der Waals surface area (Å²) in [6.45, 7) is 3.15. The van der Waals surface area contributed by atoms with E-state index in [4.69, 9.17) is 25.8 Å². The third kappa shape index (κ3) is 5.44. The molecule has 1 fully saturated rings. The smallest absolute Gasteiger partial charge is 0.286 e. The van der Waals surface area contributed by atoms with Gasteiger partial charge >= 0.3 is 0 Å². The number of amidine groups is 1. The van der Waals surface area contributed by atoms with Crippen LogP contribution >= 0.6 is 39.3 Å². The Morgan fingerprint density at radius 3 is 2.68 bits per heavy atom. The second-order valence-corrected chi connectivity index (χ2v) is 9.15. The lowest BCUT2D eigenvalue weighted by Gasteiger charge is -2.27. The maximum Gasteiger partial charge on any atom is 0.286 e. The molecule has 1 saturated heterocycles. The van der Waals surface area contributed by atoms with E-state index in [1.54, 1.807) is 7.11 Å². The molecule has 162 valence electrons. The van der Waals surface area contributed by atoms with Crippen LogP contribution in [0.15, 0.2) is 50.8 Å². The number of amides is 1. The topological polar surface area (TPSA) is 60.4 Å². The van der Waals surface area contributed by atoms with E-state index >= 15 is 0 Å². The first-order valence-corrected chi connectivity index (χ1v) is 11.6. The van der Waals surface area contributed by atoms with Gasteiger partial charge in [-0.15, -0.1) is 0 Å². The van der Waals surface area contributed by atoms with E-state index in [1.807, 2.05) is 42.5 Å². The molecule has 2 aromatic carbocycles. The highest BCUT2D eigenvalue weighted by molar-refractivity contribution is 9.10. The lowest BCUT2D eigenvalue weighted by atomic mass is 10.2. The first kappa shape index (κ1) is 22.2. The summed E-state index contributed by atoms with van der Waals surface area (Å²) in [5, 5.41) is 1.41. The van der Waals surface area contributed by atoms with Crippen LogP contribution in [0.2, 0.25) is 5.02 Å². The van der Waals surface area contributed by atoms with Crippen molar-refractivity contribution in [1.29, 1.82) is 0 Å². The molecule has 0 N–H and O–H groups in total. The molecule has 2 aliphatic heterocycles. The summed E-state index contributed by atoms with van der Waals surface area (Å²) in [6.07, 6.45) is 1.82. The number of thioether (sulfide) groups is 1. The predicted octanol–water partition coefficient (Wildman–Crippen LogP) is 4.99. The maximum absolute atomic E-state index is 12.4. The summed E-state index contributed by atoms with van der Waals surface area (Å²) in [7, 11) is 1.59. The molecule has 2 aromatic rings. The lowest BCUT2D eigenvalue weighted by molar-refractivity contribution is -0.113. The van der Waals surface area contributed by atoms with E-state index in [9.17, 15) is 4.79 Å². The van der Waals surface area contributed by atoms with Crippen LogP contribution in [0.5, 0.6) is 11.5 Å². The van der Waals surface area contributed by atoms with Crippen molar-refractivity contribution in [2.24, 2.45) is 4.99 Å². The Bertz CT molecular complexity index is 1040. The third-order valence-electron chi connectivity index (χ3n) is 4.77. The van der Waals surface area contributed by atoms with Crippen LogP contribution in [0, 0.1) is 0 Å². The van der Waals surface area contributed by atoms with Crippen molar-refractivity contribution in [3.8, 4) is 11.5 Å². The van der Waals surface area contributed by atoms with E-state index in [0.717, 1.165) is 33.9 Å². The molecule has 1 amide bonds. The zero-order valence-electron chi connectivity index (χ0n) is 16.8. The Hall–Kier alpha value is -2.00. The average Bonchev–Trinajstić information content (AvgIpc) is 3.15. The van der Waals surface area contributed by atoms with Crippen molar-refractivity contribution < 1.29 is 19.0 Å². The Balaban J connectivity index is 1.50. The van der Waals surface area contributed by atoms with Gasteiger partial charge in [0.05, 0.1) is 25.2 Å². The van der Waals surface area contributed by atoms with E-state index in [2.05, 4.69) is 25.8 Å². The number of methoxy groups -OCH3 is 1. The lowest BCUT2D eigenvalue weighted by Crippen LogP contribution is -2.38. The Morgan fingerprint density at radius 2 is 1.97 bits per heavy atom. The maximum atomic E-state index is 12.4. The van der Waals surface area contributed by atoms with Crippen molar-refractivity contribution >= 4 is 56.4 Å². The zero-order valence-corrected chi connectivity index (χ0v) is 19.9. The Kier molecular flexibility index (Phi) is 7.22. The fourth-order valence-corrected chi connectivity index (χ4v) is 4.62. The highest BCUT2D eigenvalue weighted by Gasteiger charge is 2.27. The zero-order chi connectivity index (χ0) is 21.8. The standard InChI is InChI=1S/C22H20BrClN2O4S/c1-28-18-10-15(11-20-21(27)25-22(31-20)26-6-8-29-9-7-26)17(23)12-19(18)30-13-14-2-4-16(24)5-3-14/h2-5,10-12H,6-9,13H2,1H3/b20-11-. The second-order valence-electron chi connectivity index (χ2n) is 6.85. The fraction of sp³-hybridized carbons (Fsp3) is 0.273. The number of hydrogen-bond acceptors (Lipinski definition) is 6. The quantitative estimate of drug-likeness (QED) is 0.515. The van der Waals surface area contributed by atoms with Gasteiger partial charge in [-0.2, -0.15) is 4.99 Å². The summed E-state index contributed by atoms with van der Waals surface area (Å²) in [6, 6.07) is 11.2. The number of benzene rings is 2. The van der Waals surface area contributed by atoms with Gasteiger partial charge in [0.15, 0.2) is 16.7 Å². The highest BCUT2D eigenvalue weighted by Crippen LogP contribution is 2.37. The largest absolute Gasteiger partial charge is 0.493 e. The van der Waals surface area contributed by atoms with Crippen molar-refractivity contribution in [3.63, 3.8) is 0 Å². The van der Waals surface area contributed by atoms with Gasteiger partial charge in [-0.3, -0.25) is 4.79 Å². The van der Waals surface area contributed by atoms with Crippen LogP contribution in [-0.4, -0.2) is 49.4 Å². The molecule has 31 heavy (non-hydrogen) atoms. The monoisotopic (exact) mass is 522 g/mol. The molecular formula is C22H20BrClN2O4S. The number of halogens is 2. The van der Waals surface area contributed by atoms with Gasteiger partial charge in [-0.25, -0.2) is 0 Å². The number of hydrogen-bond donors (Lipinski definition) is 0. The summed E-state index contributed by atoms with van der Waals surface area (Å²) in [5.41, 5.74) is 1.81. The van der Waals surface area contributed by atoms with Crippen LogP contribution in [0.1, 0.15) is 11.1 Å². The molecule has 9 heteroatoms. The number of morpholine rings is 1. The third-order valence-corrected chi connectivity index (χ3v) is 6.75. The molecule has 2 aliphatic rings. The molecule has 0 aliphatic carbocycles. The SMILES string of the molecule is COc1cc(/C=C2\SC(N3CCOCC3)=NC2=O)c(Br)cc1OCc1ccc(Cl)cc1. The van der Waals surface area contributed by atoms with Crippen molar-refractivity contribution in [2.45, 2.75) is 6.61 Å². The molecule has 0 saturated carbocycles. The molecule has 0 unspecified atom stereocenters. The van der Waals surface area contributed by atoms with Gasteiger partial charge in [0.1, 0.15) is 6.61 Å². The Morgan fingerprint density at radius 1 is 1.23 bits per heavy atom. The molecule has 0 aromatic heterocycles. The molecule has 0 bridgehead atoms. The highest BCUT2D eigenvalue weighted by atomic mass is 79.9. The van der Waals surface area contributed by atoms with Crippen LogP contribution in [0.3, 0.4) is 0 Å². The second kappa shape index (κ2) is 10.1. The van der Waals surface area contributed by atoms with Crippen LogP contribution in [0.4, 0.5) is 0 Å². The number of carbonyl (C=O) groups excluding carboxylic acids is 1. The van der Waals surface area contributed by atoms with Crippen molar-refractivity contribution in [1.82, 2.24) is 4.90 Å². The molecule has 4 rings (SSSR count).